The number of hydrogen-bond acceptors (Lipinski definition) is 1. The number of halogens is 1. The highest BCUT2D eigenvalue weighted by Gasteiger charge is 2.02. The van der Waals surface area contributed by atoms with Gasteiger partial charge in [-0.15, -0.1) is 0 Å². The molecule has 84 valence electrons. The minimum atomic E-state index is 0.949. The summed E-state index contributed by atoms with van der Waals surface area (Å²) in [6.07, 6.45) is 2.07. The van der Waals surface area contributed by atoms with Crippen LogP contribution in [-0.2, 0) is 6.54 Å². The molecule has 0 radical (unpaired) electrons. The highest BCUT2D eigenvalue weighted by atomic mass is 127. The Morgan fingerprint density at radius 2 is 1.81 bits per heavy atom. The zero-order valence-electron chi connectivity index (χ0n) is 9.50. The maximum Gasteiger partial charge on any atom is 0.0379 e. The number of H-pyrrole nitrogens is 1. The molecule has 0 aliphatic rings. The molecule has 0 aliphatic carbocycles. The fourth-order valence-electron chi connectivity index (χ4n) is 1.68. The molecule has 2 aromatic rings. The van der Waals surface area contributed by atoms with Crippen molar-refractivity contribution in [2.45, 2.75) is 6.54 Å². The maximum absolute atomic E-state index is 3.31. The normalized spacial score (nSPS) is 11.0. The molecule has 16 heavy (non-hydrogen) atoms. The summed E-state index contributed by atoms with van der Waals surface area (Å²) in [5.74, 6) is 0. The summed E-state index contributed by atoms with van der Waals surface area (Å²) >= 11 is 2.32. The molecular weight excluding hydrogens is 311 g/mol. The van der Waals surface area contributed by atoms with Crippen molar-refractivity contribution in [3.8, 4) is 11.1 Å². The van der Waals surface area contributed by atoms with Crippen LogP contribution in [0.15, 0.2) is 36.5 Å². The van der Waals surface area contributed by atoms with Crippen LogP contribution in [-0.4, -0.2) is 24.0 Å². The Balaban J connectivity index is 2.21. The van der Waals surface area contributed by atoms with Gasteiger partial charge in [0.25, 0.3) is 0 Å². The van der Waals surface area contributed by atoms with Crippen LogP contribution in [0.4, 0.5) is 0 Å². The van der Waals surface area contributed by atoms with Gasteiger partial charge in [-0.3, -0.25) is 0 Å². The summed E-state index contributed by atoms with van der Waals surface area (Å²) < 4.78 is 1.27. The summed E-state index contributed by atoms with van der Waals surface area (Å²) in [6, 6.07) is 10.8. The largest absolute Gasteiger partial charge is 0.363 e. The molecule has 0 spiro atoms. The van der Waals surface area contributed by atoms with Crippen molar-refractivity contribution in [2.24, 2.45) is 0 Å². The molecule has 0 amide bonds. The van der Waals surface area contributed by atoms with Gasteiger partial charge in [-0.2, -0.15) is 0 Å². The molecule has 2 nitrogen and oxygen atoms in total. The zero-order valence-corrected chi connectivity index (χ0v) is 11.7. The van der Waals surface area contributed by atoms with E-state index < -0.39 is 0 Å². The minimum Gasteiger partial charge on any atom is -0.363 e. The van der Waals surface area contributed by atoms with Crippen molar-refractivity contribution >= 4 is 22.6 Å². The van der Waals surface area contributed by atoms with Crippen LogP contribution in [0.25, 0.3) is 11.1 Å². The summed E-state index contributed by atoms with van der Waals surface area (Å²) in [7, 11) is 4.15. The van der Waals surface area contributed by atoms with Gasteiger partial charge in [-0.25, -0.2) is 0 Å². The molecule has 1 aromatic carbocycles. The Kier molecular flexibility index (Phi) is 3.66. The van der Waals surface area contributed by atoms with E-state index in [2.05, 4.69) is 83.1 Å². The van der Waals surface area contributed by atoms with Crippen LogP contribution in [0, 0.1) is 3.57 Å². The van der Waals surface area contributed by atoms with Gasteiger partial charge in [0.05, 0.1) is 0 Å². The summed E-state index contributed by atoms with van der Waals surface area (Å²) in [6.45, 7) is 0.949. The number of aromatic nitrogens is 1. The average molecular weight is 326 g/mol. The van der Waals surface area contributed by atoms with Crippen LogP contribution in [0.2, 0.25) is 0 Å². The molecule has 0 saturated heterocycles. The Hall–Kier alpha value is -0.810. The van der Waals surface area contributed by atoms with Gasteiger partial charge in [-0.05, 0) is 66.0 Å². The predicted molar refractivity (Wildman–Crippen MR) is 76.3 cm³/mol. The second-order valence-electron chi connectivity index (χ2n) is 4.16. The van der Waals surface area contributed by atoms with Crippen molar-refractivity contribution in [3.05, 3.63) is 45.8 Å². The maximum atomic E-state index is 3.31. The third-order valence-corrected chi connectivity index (χ3v) is 3.13. The molecule has 0 bridgehead atoms. The fraction of sp³-hybridized carbons (Fsp3) is 0.231. The molecule has 0 unspecified atom stereocenters. The molecule has 0 atom stereocenters. The van der Waals surface area contributed by atoms with E-state index in [4.69, 9.17) is 0 Å². The first-order valence-electron chi connectivity index (χ1n) is 5.23. The number of hydrogen-bond donors (Lipinski definition) is 1. The molecule has 3 heteroatoms. The quantitative estimate of drug-likeness (QED) is 0.857. The predicted octanol–water partition coefficient (Wildman–Crippen LogP) is 3.35. The van der Waals surface area contributed by atoms with Crippen LogP contribution in [0.5, 0.6) is 0 Å². The van der Waals surface area contributed by atoms with E-state index >= 15 is 0 Å². The van der Waals surface area contributed by atoms with E-state index in [1.807, 2.05) is 0 Å². The Bertz CT molecular complexity index is 457. The van der Waals surface area contributed by atoms with Crippen LogP contribution in [0.1, 0.15) is 5.69 Å². The highest BCUT2D eigenvalue weighted by Crippen LogP contribution is 2.21. The first kappa shape index (κ1) is 11.7. The average Bonchev–Trinajstić information content (AvgIpc) is 2.66. The van der Waals surface area contributed by atoms with E-state index in [-0.39, 0.29) is 0 Å². The van der Waals surface area contributed by atoms with Gasteiger partial charge in [0.15, 0.2) is 0 Å². The first-order chi connectivity index (χ1) is 7.65. The topological polar surface area (TPSA) is 19.0 Å². The third-order valence-electron chi connectivity index (χ3n) is 2.41. The Labute approximate surface area is 110 Å². The van der Waals surface area contributed by atoms with Crippen molar-refractivity contribution in [1.29, 1.82) is 0 Å². The molecule has 1 heterocycles. The molecule has 0 saturated carbocycles. The van der Waals surface area contributed by atoms with Crippen LogP contribution < -0.4 is 0 Å². The standard InChI is InChI=1S/C13H15IN2/c1-16(2)9-13-7-11(8-15-13)10-3-5-12(14)6-4-10/h3-8,15H,9H2,1-2H3. The zero-order chi connectivity index (χ0) is 11.5. The van der Waals surface area contributed by atoms with Gasteiger partial charge in [0, 0.05) is 22.0 Å². The monoisotopic (exact) mass is 326 g/mol. The summed E-state index contributed by atoms with van der Waals surface area (Å²) in [4.78, 5) is 5.46. The second kappa shape index (κ2) is 5.01. The van der Waals surface area contributed by atoms with Crippen molar-refractivity contribution in [2.75, 3.05) is 14.1 Å². The fourth-order valence-corrected chi connectivity index (χ4v) is 2.04. The number of nitrogens with zero attached hydrogens (tertiary/aromatic N) is 1. The molecule has 2 rings (SSSR count). The van der Waals surface area contributed by atoms with Gasteiger partial charge in [-0.1, -0.05) is 12.1 Å². The second-order valence-corrected chi connectivity index (χ2v) is 5.40. The third kappa shape index (κ3) is 2.86. The number of rotatable bonds is 3. The Morgan fingerprint density at radius 1 is 1.12 bits per heavy atom. The highest BCUT2D eigenvalue weighted by molar-refractivity contribution is 14.1. The van der Waals surface area contributed by atoms with Gasteiger partial charge < -0.3 is 9.88 Å². The minimum absolute atomic E-state index is 0.949. The molecule has 0 aliphatic heterocycles. The van der Waals surface area contributed by atoms with Crippen molar-refractivity contribution in [3.63, 3.8) is 0 Å². The van der Waals surface area contributed by atoms with E-state index in [0.717, 1.165) is 6.54 Å². The van der Waals surface area contributed by atoms with Gasteiger partial charge >= 0.3 is 0 Å². The molecule has 1 aromatic heterocycles. The smallest absolute Gasteiger partial charge is 0.0379 e. The summed E-state index contributed by atoms with van der Waals surface area (Å²) in [5, 5.41) is 0. The van der Waals surface area contributed by atoms with E-state index in [1.54, 1.807) is 0 Å². The SMILES string of the molecule is CN(C)Cc1cc(-c2ccc(I)cc2)c[nH]1. The lowest BCUT2D eigenvalue weighted by Crippen LogP contribution is -2.10. The van der Waals surface area contributed by atoms with E-state index in [0.29, 0.717) is 0 Å². The summed E-state index contributed by atoms with van der Waals surface area (Å²) in [5.41, 5.74) is 3.77. The molecule has 1 N–H and O–H groups in total. The number of aromatic amines is 1. The Morgan fingerprint density at radius 3 is 2.44 bits per heavy atom. The van der Waals surface area contributed by atoms with E-state index in [9.17, 15) is 0 Å². The number of benzene rings is 1. The van der Waals surface area contributed by atoms with Gasteiger partial charge in [0.1, 0.15) is 0 Å². The first-order valence-corrected chi connectivity index (χ1v) is 6.31. The van der Waals surface area contributed by atoms with Crippen LogP contribution >= 0.6 is 22.6 Å². The van der Waals surface area contributed by atoms with E-state index in [1.165, 1.54) is 20.4 Å². The van der Waals surface area contributed by atoms with Crippen molar-refractivity contribution in [1.82, 2.24) is 9.88 Å². The lowest BCUT2D eigenvalue weighted by molar-refractivity contribution is 0.398. The van der Waals surface area contributed by atoms with Crippen LogP contribution in [0.3, 0.4) is 0 Å². The number of nitrogens with one attached hydrogen (secondary N) is 1. The molecular formula is C13H15IN2. The lowest BCUT2D eigenvalue weighted by Gasteiger charge is -2.06. The molecule has 0 fully saturated rings. The van der Waals surface area contributed by atoms with Crippen molar-refractivity contribution < 1.29 is 0 Å². The van der Waals surface area contributed by atoms with Gasteiger partial charge in [0.2, 0.25) is 0 Å². The lowest BCUT2D eigenvalue weighted by atomic mass is 10.1.